The number of hydrogen-bond donors (Lipinski definition) is 1. The van der Waals surface area contributed by atoms with E-state index in [2.05, 4.69) is 12.2 Å². The van der Waals surface area contributed by atoms with Gasteiger partial charge in [-0.15, -0.1) is 0 Å². The molecule has 1 heterocycles. The Morgan fingerprint density at radius 2 is 1.93 bits per heavy atom. The van der Waals surface area contributed by atoms with Crippen molar-refractivity contribution in [2.75, 3.05) is 6.54 Å². The van der Waals surface area contributed by atoms with E-state index in [9.17, 15) is 9.59 Å². The smallest absolute Gasteiger partial charge is 0.289 e. The van der Waals surface area contributed by atoms with E-state index in [1.165, 1.54) is 12.8 Å². The van der Waals surface area contributed by atoms with Gasteiger partial charge in [-0.3, -0.25) is 9.59 Å². The predicted octanol–water partition coefficient (Wildman–Crippen LogP) is 4.20. The van der Waals surface area contributed by atoms with Crippen LogP contribution in [0.1, 0.15) is 69.4 Å². The van der Waals surface area contributed by atoms with Gasteiger partial charge in [-0.25, -0.2) is 0 Å². The lowest BCUT2D eigenvalue weighted by Crippen LogP contribution is -2.57. The molecule has 4 rings (SSSR count). The molecule has 162 valence electrons. The summed E-state index contributed by atoms with van der Waals surface area (Å²) >= 11 is 0. The molecule has 0 aromatic heterocycles. The summed E-state index contributed by atoms with van der Waals surface area (Å²) in [4.78, 5) is 28.0. The van der Waals surface area contributed by atoms with Crippen molar-refractivity contribution in [3.8, 4) is 0 Å². The number of ether oxygens (including phenoxy) is 1. The molecule has 1 aromatic rings. The molecule has 0 spiro atoms. The maximum atomic E-state index is 13.3. The summed E-state index contributed by atoms with van der Waals surface area (Å²) in [5, 5.41) is 3.21. The average Bonchev–Trinajstić information content (AvgIpc) is 2.73. The maximum Gasteiger partial charge on any atom is 0.289 e. The Hall–Kier alpha value is -2.30. The fourth-order valence-corrected chi connectivity index (χ4v) is 5.21. The molecule has 1 aliphatic heterocycles. The third kappa shape index (κ3) is 4.71. The van der Waals surface area contributed by atoms with Crippen LogP contribution in [0.25, 0.3) is 6.08 Å². The first kappa shape index (κ1) is 21.0. The molecule has 5 nitrogen and oxygen atoms in total. The van der Waals surface area contributed by atoms with Crippen molar-refractivity contribution in [3.05, 3.63) is 41.2 Å². The Kier molecular flexibility index (Phi) is 6.45. The van der Waals surface area contributed by atoms with Crippen molar-refractivity contribution in [1.82, 2.24) is 10.2 Å². The van der Waals surface area contributed by atoms with Crippen molar-refractivity contribution in [2.45, 2.75) is 83.4 Å². The number of rotatable bonds is 4. The molecule has 0 radical (unpaired) electrons. The third-order valence-corrected chi connectivity index (χ3v) is 6.93. The average molecular weight is 411 g/mol. The van der Waals surface area contributed by atoms with Gasteiger partial charge >= 0.3 is 0 Å². The van der Waals surface area contributed by atoms with Crippen LogP contribution in [0.2, 0.25) is 0 Å². The largest absolute Gasteiger partial charge is 0.482 e. The van der Waals surface area contributed by atoms with Crippen molar-refractivity contribution in [2.24, 2.45) is 5.92 Å². The number of hydrogen-bond acceptors (Lipinski definition) is 3. The fourth-order valence-electron chi connectivity index (χ4n) is 5.21. The van der Waals surface area contributed by atoms with Gasteiger partial charge in [-0.05, 0) is 56.6 Å². The van der Waals surface area contributed by atoms with Crippen LogP contribution in [0.3, 0.4) is 0 Å². The van der Waals surface area contributed by atoms with E-state index in [4.69, 9.17) is 4.74 Å². The monoisotopic (exact) mass is 410 g/mol. The van der Waals surface area contributed by atoms with Crippen molar-refractivity contribution in [1.29, 1.82) is 0 Å². The Morgan fingerprint density at radius 1 is 1.17 bits per heavy atom. The van der Waals surface area contributed by atoms with Crippen molar-refractivity contribution >= 4 is 17.9 Å². The molecule has 2 amide bonds. The molecule has 4 atom stereocenters. The lowest BCUT2D eigenvalue weighted by Gasteiger charge is -2.44. The predicted molar refractivity (Wildman–Crippen MR) is 118 cm³/mol. The zero-order valence-electron chi connectivity index (χ0n) is 18.2. The molecule has 3 aliphatic rings. The molecule has 0 bridgehead atoms. The second-order valence-electron chi connectivity index (χ2n) is 9.30. The first-order valence-electron chi connectivity index (χ1n) is 11.6. The Morgan fingerprint density at radius 3 is 2.73 bits per heavy atom. The molecule has 1 aromatic carbocycles. The summed E-state index contributed by atoms with van der Waals surface area (Å²) in [5.74, 6) is 0.666. The van der Waals surface area contributed by atoms with Gasteiger partial charge in [0.1, 0.15) is 12.6 Å². The van der Waals surface area contributed by atoms with Crippen LogP contribution in [0, 0.1) is 12.8 Å². The Labute approximate surface area is 179 Å². The molecule has 1 saturated heterocycles. The molecule has 1 N–H and O–H groups in total. The van der Waals surface area contributed by atoms with Gasteiger partial charge in [-0.2, -0.15) is 0 Å². The molecular weight excluding hydrogens is 376 g/mol. The number of morpholine rings is 1. The zero-order chi connectivity index (χ0) is 21.1. The van der Waals surface area contributed by atoms with Crippen LogP contribution in [0.5, 0.6) is 0 Å². The standard InChI is InChI=1S/C25H34N2O3/c1-17-8-7-10-19(14-17)15-23-25(29)27(21-12-5-6-13-22(21)30-23)16-24(28)26-20-11-4-3-9-18(20)2/h7-8,10,14-15,18,20-22H,3-6,9,11-13,16H2,1-2H3,(H,26,28)/b23-15+. The number of nitrogens with one attached hydrogen (secondary N) is 1. The lowest BCUT2D eigenvalue weighted by atomic mass is 9.86. The van der Waals surface area contributed by atoms with E-state index in [1.807, 2.05) is 37.3 Å². The van der Waals surface area contributed by atoms with Gasteiger partial charge < -0.3 is 15.0 Å². The highest BCUT2D eigenvalue weighted by atomic mass is 16.5. The van der Waals surface area contributed by atoms with Crippen LogP contribution in [0.4, 0.5) is 0 Å². The summed E-state index contributed by atoms with van der Waals surface area (Å²) in [7, 11) is 0. The summed E-state index contributed by atoms with van der Waals surface area (Å²) < 4.78 is 6.16. The Balaban J connectivity index is 1.51. The topological polar surface area (TPSA) is 58.6 Å². The number of carbonyl (C=O) groups is 2. The zero-order valence-corrected chi connectivity index (χ0v) is 18.2. The minimum atomic E-state index is -0.161. The summed E-state index contributed by atoms with van der Waals surface area (Å²) in [6.45, 7) is 4.37. The fraction of sp³-hybridized carbons (Fsp3) is 0.600. The van der Waals surface area contributed by atoms with E-state index in [1.54, 1.807) is 4.90 Å². The van der Waals surface area contributed by atoms with E-state index in [-0.39, 0.29) is 36.5 Å². The summed E-state index contributed by atoms with van der Waals surface area (Å²) in [6, 6.07) is 8.26. The van der Waals surface area contributed by atoms with Gasteiger partial charge in [-0.1, -0.05) is 56.0 Å². The van der Waals surface area contributed by atoms with Gasteiger partial charge in [0.15, 0.2) is 5.76 Å². The molecule has 5 heteroatoms. The van der Waals surface area contributed by atoms with Crippen LogP contribution in [-0.4, -0.2) is 41.4 Å². The van der Waals surface area contributed by atoms with Crippen molar-refractivity contribution in [3.63, 3.8) is 0 Å². The first-order chi connectivity index (χ1) is 14.5. The van der Waals surface area contributed by atoms with Crippen LogP contribution >= 0.6 is 0 Å². The number of carbonyl (C=O) groups excluding carboxylic acids is 2. The van der Waals surface area contributed by atoms with Gasteiger partial charge in [0.25, 0.3) is 5.91 Å². The highest BCUT2D eigenvalue weighted by molar-refractivity contribution is 5.98. The highest BCUT2D eigenvalue weighted by Crippen LogP contribution is 2.33. The quantitative estimate of drug-likeness (QED) is 0.757. The second-order valence-corrected chi connectivity index (χ2v) is 9.30. The molecular formula is C25H34N2O3. The van der Waals surface area contributed by atoms with Gasteiger partial charge in [0.2, 0.25) is 5.91 Å². The number of fused-ring (bicyclic) bond motifs is 1. The number of benzene rings is 1. The molecule has 2 saturated carbocycles. The number of aryl methyl sites for hydroxylation is 1. The number of nitrogens with zero attached hydrogens (tertiary/aromatic N) is 1. The third-order valence-electron chi connectivity index (χ3n) is 6.93. The molecule has 3 fully saturated rings. The van der Waals surface area contributed by atoms with Crippen molar-refractivity contribution < 1.29 is 14.3 Å². The molecule has 4 unspecified atom stereocenters. The van der Waals surface area contributed by atoms with E-state index < -0.39 is 0 Å². The van der Waals surface area contributed by atoms with Crippen LogP contribution < -0.4 is 5.32 Å². The second kappa shape index (κ2) is 9.23. The SMILES string of the molecule is Cc1cccc(/C=C2/OC3CCCCC3N(CC(=O)NC3CCCCC3C)C2=O)c1. The van der Waals surface area contributed by atoms with Gasteiger partial charge in [0.05, 0.1) is 6.04 Å². The minimum absolute atomic E-state index is 0.00422. The summed E-state index contributed by atoms with van der Waals surface area (Å²) in [5.41, 5.74) is 2.09. The summed E-state index contributed by atoms with van der Waals surface area (Å²) in [6.07, 6.45) is 10.4. The highest BCUT2D eigenvalue weighted by Gasteiger charge is 2.42. The van der Waals surface area contributed by atoms with Crippen LogP contribution in [0.15, 0.2) is 30.0 Å². The molecule has 2 aliphatic carbocycles. The normalized spacial score (nSPS) is 30.5. The van der Waals surface area contributed by atoms with Gasteiger partial charge in [0, 0.05) is 6.04 Å². The minimum Gasteiger partial charge on any atom is -0.482 e. The van der Waals surface area contributed by atoms with E-state index in [0.717, 1.165) is 49.7 Å². The Bertz CT molecular complexity index is 818. The maximum absolute atomic E-state index is 13.3. The van der Waals surface area contributed by atoms with E-state index >= 15 is 0 Å². The van der Waals surface area contributed by atoms with Crippen LogP contribution in [-0.2, 0) is 14.3 Å². The number of amides is 2. The first-order valence-corrected chi connectivity index (χ1v) is 11.6. The lowest BCUT2D eigenvalue weighted by molar-refractivity contribution is -0.152. The van der Waals surface area contributed by atoms with E-state index in [0.29, 0.717) is 11.7 Å². The molecule has 30 heavy (non-hydrogen) atoms.